The Hall–Kier alpha value is -2.28. The second-order valence-corrected chi connectivity index (χ2v) is 7.97. The predicted octanol–water partition coefficient (Wildman–Crippen LogP) is 6.25. The fourth-order valence-electron chi connectivity index (χ4n) is 2.49. The molecule has 1 saturated heterocycles. The highest BCUT2D eigenvalue weighted by molar-refractivity contribution is 9.10. The number of hydrogen-bond donors (Lipinski definition) is 1. The highest BCUT2D eigenvalue weighted by Crippen LogP contribution is 2.32. The minimum atomic E-state index is -0.202. The molecular weight excluding hydrogens is 448 g/mol. The second kappa shape index (κ2) is 7.76. The van der Waals surface area contributed by atoms with Crippen LogP contribution in [0.2, 0.25) is 5.02 Å². The summed E-state index contributed by atoms with van der Waals surface area (Å²) in [6, 6.07) is 18.7. The summed E-state index contributed by atoms with van der Waals surface area (Å²) < 4.78 is 6.69. The van der Waals surface area contributed by atoms with Crippen LogP contribution in [0.4, 0.5) is 5.69 Å². The Morgan fingerprint density at radius 1 is 1.11 bits per heavy atom. The lowest BCUT2D eigenvalue weighted by Gasteiger charge is -1.98. The van der Waals surface area contributed by atoms with E-state index in [1.807, 2.05) is 60.7 Å². The van der Waals surface area contributed by atoms with Crippen molar-refractivity contribution in [2.24, 2.45) is 4.99 Å². The predicted molar refractivity (Wildman–Crippen MR) is 114 cm³/mol. The van der Waals surface area contributed by atoms with Gasteiger partial charge in [0.15, 0.2) is 5.17 Å². The van der Waals surface area contributed by atoms with Crippen LogP contribution in [-0.2, 0) is 4.79 Å². The van der Waals surface area contributed by atoms with Crippen LogP contribution < -0.4 is 5.32 Å². The number of halogens is 2. The van der Waals surface area contributed by atoms with E-state index in [9.17, 15) is 4.79 Å². The van der Waals surface area contributed by atoms with Crippen LogP contribution in [0.15, 0.2) is 79.5 Å². The standard InChI is InChI=1S/C20H12BrClN2O2S/c21-15-6-1-2-7-16(15)23-20-24-19(25)18(27-20)11-14-8-9-17(26-14)12-4-3-5-13(22)10-12/h1-11H,(H,23,24,25). The van der Waals surface area contributed by atoms with Crippen molar-refractivity contribution in [3.63, 3.8) is 0 Å². The molecule has 2 heterocycles. The lowest BCUT2D eigenvalue weighted by atomic mass is 10.2. The first-order valence-corrected chi connectivity index (χ1v) is 9.97. The van der Waals surface area contributed by atoms with Gasteiger partial charge in [0.25, 0.3) is 5.91 Å². The van der Waals surface area contributed by atoms with Crippen molar-refractivity contribution in [1.82, 2.24) is 5.32 Å². The van der Waals surface area contributed by atoms with Crippen molar-refractivity contribution >= 4 is 62.1 Å². The van der Waals surface area contributed by atoms with Crippen LogP contribution in [-0.4, -0.2) is 11.1 Å². The zero-order valence-electron chi connectivity index (χ0n) is 13.8. The van der Waals surface area contributed by atoms with Gasteiger partial charge >= 0.3 is 0 Å². The van der Waals surface area contributed by atoms with E-state index in [-0.39, 0.29) is 5.91 Å². The molecule has 0 aliphatic carbocycles. The number of nitrogens with zero attached hydrogens (tertiary/aromatic N) is 1. The van der Waals surface area contributed by atoms with Crippen molar-refractivity contribution in [2.75, 3.05) is 0 Å². The second-order valence-electron chi connectivity index (χ2n) is 5.65. The first kappa shape index (κ1) is 18.1. The first-order valence-electron chi connectivity index (χ1n) is 7.98. The van der Waals surface area contributed by atoms with Gasteiger partial charge in [0.05, 0.1) is 10.6 Å². The SMILES string of the molecule is O=C1NC(=Nc2ccccc2Br)SC1=Cc1ccc(-c2cccc(Cl)c2)o1. The van der Waals surface area contributed by atoms with Gasteiger partial charge in [-0.25, -0.2) is 4.99 Å². The summed E-state index contributed by atoms with van der Waals surface area (Å²) in [4.78, 5) is 17.2. The van der Waals surface area contributed by atoms with E-state index < -0.39 is 0 Å². The number of amidine groups is 1. The van der Waals surface area contributed by atoms with Crippen molar-refractivity contribution in [3.05, 3.63) is 80.8 Å². The largest absolute Gasteiger partial charge is 0.457 e. The molecule has 0 spiro atoms. The molecule has 1 aliphatic heterocycles. The van der Waals surface area contributed by atoms with Crippen LogP contribution >= 0.6 is 39.3 Å². The number of rotatable bonds is 3. The average molecular weight is 460 g/mol. The van der Waals surface area contributed by atoms with E-state index in [0.717, 1.165) is 15.7 Å². The maximum absolute atomic E-state index is 12.2. The smallest absolute Gasteiger partial charge is 0.264 e. The molecule has 0 atom stereocenters. The Bertz CT molecular complexity index is 1090. The normalized spacial score (nSPS) is 16.9. The monoisotopic (exact) mass is 458 g/mol. The number of amides is 1. The van der Waals surface area contributed by atoms with Crippen LogP contribution in [0.25, 0.3) is 17.4 Å². The van der Waals surface area contributed by atoms with E-state index in [0.29, 0.717) is 26.6 Å². The van der Waals surface area contributed by atoms with Gasteiger partial charge in [0.2, 0.25) is 0 Å². The molecule has 3 aromatic rings. The lowest BCUT2D eigenvalue weighted by Crippen LogP contribution is -2.19. The molecule has 4 nitrogen and oxygen atoms in total. The number of aliphatic imine (C=N–C) groups is 1. The van der Waals surface area contributed by atoms with E-state index in [2.05, 4.69) is 26.2 Å². The molecule has 1 amide bonds. The highest BCUT2D eigenvalue weighted by Gasteiger charge is 2.24. The van der Waals surface area contributed by atoms with Crippen LogP contribution in [0.5, 0.6) is 0 Å². The van der Waals surface area contributed by atoms with E-state index >= 15 is 0 Å². The van der Waals surface area contributed by atoms with Crippen molar-refractivity contribution < 1.29 is 9.21 Å². The van der Waals surface area contributed by atoms with Crippen molar-refractivity contribution in [3.8, 4) is 11.3 Å². The first-order chi connectivity index (χ1) is 13.1. The topological polar surface area (TPSA) is 54.6 Å². The summed E-state index contributed by atoms with van der Waals surface area (Å²) >= 11 is 10.7. The Kier molecular flexibility index (Phi) is 5.20. The van der Waals surface area contributed by atoms with Gasteiger partial charge < -0.3 is 9.73 Å². The van der Waals surface area contributed by atoms with Crippen molar-refractivity contribution in [1.29, 1.82) is 0 Å². The quantitative estimate of drug-likeness (QED) is 0.471. The summed E-state index contributed by atoms with van der Waals surface area (Å²) in [6.45, 7) is 0. The summed E-state index contributed by atoms with van der Waals surface area (Å²) in [7, 11) is 0. The van der Waals surface area contributed by atoms with E-state index in [1.165, 1.54) is 11.8 Å². The number of benzene rings is 2. The third-order valence-corrected chi connectivity index (χ3v) is 5.55. The third kappa shape index (κ3) is 4.18. The Morgan fingerprint density at radius 2 is 1.96 bits per heavy atom. The molecule has 1 aliphatic rings. The molecule has 2 aromatic carbocycles. The average Bonchev–Trinajstić information content (AvgIpc) is 3.24. The molecule has 1 aromatic heterocycles. The molecule has 0 saturated carbocycles. The number of hydrogen-bond acceptors (Lipinski definition) is 4. The minimum absolute atomic E-state index is 0.202. The summed E-state index contributed by atoms with van der Waals surface area (Å²) in [6.07, 6.45) is 1.70. The van der Waals surface area contributed by atoms with Gasteiger partial charge in [-0.2, -0.15) is 0 Å². The van der Waals surface area contributed by atoms with Gasteiger partial charge in [-0.1, -0.05) is 35.9 Å². The number of thioether (sulfide) groups is 1. The van der Waals surface area contributed by atoms with Gasteiger partial charge in [0.1, 0.15) is 11.5 Å². The zero-order chi connectivity index (χ0) is 18.8. The van der Waals surface area contributed by atoms with Crippen LogP contribution in [0, 0.1) is 0 Å². The number of furan rings is 1. The summed E-state index contributed by atoms with van der Waals surface area (Å²) in [5, 5.41) is 3.94. The molecule has 0 bridgehead atoms. The van der Waals surface area contributed by atoms with Crippen LogP contribution in [0.1, 0.15) is 5.76 Å². The van der Waals surface area contributed by atoms with E-state index in [1.54, 1.807) is 6.08 Å². The number of para-hydroxylation sites is 1. The number of carbonyl (C=O) groups excluding carboxylic acids is 1. The van der Waals surface area contributed by atoms with Crippen molar-refractivity contribution in [2.45, 2.75) is 0 Å². The molecule has 27 heavy (non-hydrogen) atoms. The Labute approximate surface area is 173 Å². The van der Waals surface area contributed by atoms with Gasteiger partial charge in [-0.3, -0.25) is 4.79 Å². The molecule has 134 valence electrons. The summed E-state index contributed by atoms with van der Waals surface area (Å²) in [5.41, 5.74) is 1.63. The summed E-state index contributed by atoms with van der Waals surface area (Å²) in [5.74, 6) is 1.08. The fourth-order valence-corrected chi connectivity index (χ4v) is 3.87. The zero-order valence-corrected chi connectivity index (χ0v) is 16.9. The lowest BCUT2D eigenvalue weighted by molar-refractivity contribution is -0.115. The maximum atomic E-state index is 12.2. The minimum Gasteiger partial charge on any atom is -0.457 e. The molecule has 0 unspecified atom stereocenters. The van der Waals surface area contributed by atoms with Gasteiger partial charge in [-0.15, -0.1) is 0 Å². The van der Waals surface area contributed by atoms with E-state index in [4.69, 9.17) is 16.0 Å². The Balaban J connectivity index is 1.56. The van der Waals surface area contributed by atoms with Gasteiger partial charge in [-0.05, 0) is 64.1 Å². The van der Waals surface area contributed by atoms with Gasteiger partial charge in [0, 0.05) is 21.1 Å². The molecule has 1 fully saturated rings. The highest BCUT2D eigenvalue weighted by atomic mass is 79.9. The molecule has 7 heteroatoms. The maximum Gasteiger partial charge on any atom is 0.264 e. The third-order valence-electron chi connectivity index (χ3n) is 3.73. The molecule has 1 N–H and O–H groups in total. The molecule has 0 radical (unpaired) electrons. The molecular formula is C20H12BrClN2O2S. The number of carbonyl (C=O) groups is 1. The molecule has 4 rings (SSSR count). The number of nitrogens with one attached hydrogen (secondary N) is 1. The fraction of sp³-hybridized carbons (Fsp3) is 0. The van der Waals surface area contributed by atoms with Crippen LogP contribution in [0.3, 0.4) is 0 Å². The Morgan fingerprint density at radius 3 is 2.78 bits per heavy atom.